The Balaban J connectivity index is 2.29. The maximum atomic E-state index is 13.4. The smallest absolute Gasteiger partial charge is 0.341 e. The number of aliphatic carboxylic acids is 1. The molecular weight excluding hydrogens is 283 g/mol. The van der Waals surface area contributed by atoms with E-state index in [0.29, 0.717) is 0 Å². The molecule has 0 aromatic heterocycles. The highest BCUT2D eigenvalue weighted by atomic mass is 19.1. The van der Waals surface area contributed by atoms with Crippen molar-refractivity contribution in [1.29, 1.82) is 0 Å². The Hall–Kier alpha value is -2.24. The van der Waals surface area contributed by atoms with E-state index in [1.165, 1.54) is 4.90 Å². The maximum absolute atomic E-state index is 13.4. The topological polar surface area (TPSA) is 66.6 Å². The van der Waals surface area contributed by atoms with E-state index >= 15 is 0 Å². The number of carboxylic acids is 1. The van der Waals surface area contributed by atoms with Crippen LogP contribution in [0.3, 0.4) is 0 Å². The highest BCUT2D eigenvalue weighted by Gasteiger charge is 2.40. The van der Waals surface area contributed by atoms with Gasteiger partial charge in [0.1, 0.15) is 6.67 Å². The summed E-state index contributed by atoms with van der Waals surface area (Å²) >= 11 is 0. The molecule has 0 aliphatic rings. The van der Waals surface area contributed by atoms with E-state index in [0.717, 1.165) is 11.1 Å². The van der Waals surface area contributed by atoms with Crippen LogP contribution in [0.1, 0.15) is 11.1 Å². The molecule has 0 saturated carbocycles. The second-order valence-corrected chi connectivity index (χ2v) is 5.19. The molecule has 116 valence electrons. The molecule has 0 heterocycles. The van der Waals surface area contributed by atoms with Crippen LogP contribution in [0.2, 0.25) is 0 Å². The van der Waals surface area contributed by atoms with E-state index in [1.54, 1.807) is 0 Å². The summed E-state index contributed by atoms with van der Waals surface area (Å²) in [6.07, 6.45) is 0. The Bertz CT molecular complexity index is 565. The zero-order valence-electron chi connectivity index (χ0n) is 12.2. The summed E-state index contributed by atoms with van der Waals surface area (Å²) in [6, 6.07) is 18.6. The largest absolute Gasteiger partial charge is 0.479 e. The summed E-state index contributed by atoms with van der Waals surface area (Å²) in [4.78, 5) is 12.9. The first-order valence-corrected chi connectivity index (χ1v) is 6.97. The Labute approximate surface area is 129 Å². The van der Waals surface area contributed by atoms with E-state index in [-0.39, 0.29) is 13.1 Å². The summed E-state index contributed by atoms with van der Waals surface area (Å²) in [5, 5.41) is 9.35. The standard InChI is InChI=1S/C17H19FN2O2/c18-13-17(19,16(21)22)20(11-14-7-3-1-4-8-14)12-15-9-5-2-6-10-15/h1-10H,11-13,19H2,(H,21,22). The van der Waals surface area contributed by atoms with Crippen LogP contribution in [-0.2, 0) is 17.9 Å². The third-order valence-corrected chi connectivity index (χ3v) is 3.57. The number of halogens is 1. The molecule has 0 aliphatic carbocycles. The fraction of sp³-hybridized carbons (Fsp3) is 0.235. The Kier molecular flexibility index (Phi) is 5.25. The molecule has 0 fully saturated rings. The number of hydrogen-bond acceptors (Lipinski definition) is 3. The van der Waals surface area contributed by atoms with Crippen LogP contribution < -0.4 is 5.73 Å². The third kappa shape index (κ3) is 3.69. The first kappa shape index (κ1) is 16.1. The third-order valence-electron chi connectivity index (χ3n) is 3.57. The average molecular weight is 302 g/mol. The normalized spacial score (nSPS) is 13.8. The molecule has 0 spiro atoms. The van der Waals surface area contributed by atoms with Gasteiger partial charge in [-0.3, -0.25) is 4.90 Å². The Morgan fingerprint density at radius 1 is 1.00 bits per heavy atom. The van der Waals surface area contributed by atoms with Crippen LogP contribution in [0.25, 0.3) is 0 Å². The number of benzene rings is 2. The summed E-state index contributed by atoms with van der Waals surface area (Å²) in [6.45, 7) is -0.660. The molecule has 2 aromatic carbocycles. The van der Waals surface area contributed by atoms with Gasteiger partial charge >= 0.3 is 5.97 Å². The maximum Gasteiger partial charge on any atom is 0.341 e. The van der Waals surface area contributed by atoms with Crippen molar-refractivity contribution in [2.45, 2.75) is 18.8 Å². The zero-order valence-corrected chi connectivity index (χ0v) is 12.2. The predicted molar refractivity (Wildman–Crippen MR) is 82.7 cm³/mol. The van der Waals surface area contributed by atoms with E-state index in [4.69, 9.17) is 5.73 Å². The van der Waals surface area contributed by atoms with Gasteiger partial charge in [0.05, 0.1) is 0 Å². The van der Waals surface area contributed by atoms with Crippen molar-refractivity contribution in [2.75, 3.05) is 6.67 Å². The van der Waals surface area contributed by atoms with Crippen LogP contribution in [0, 0.1) is 0 Å². The molecule has 22 heavy (non-hydrogen) atoms. The van der Waals surface area contributed by atoms with Crippen molar-refractivity contribution in [2.24, 2.45) is 5.73 Å². The van der Waals surface area contributed by atoms with Gasteiger partial charge in [0.2, 0.25) is 0 Å². The van der Waals surface area contributed by atoms with Gasteiger partial charge in [-0.2, -0.15) is 0 Å². The molecule has 0 radical (unpaired) electrons. The molecule has 2 aromatic rings. The minimum absolute atomic E-state index is 0.252. The van der Waals surface area contributed by atoms with Crippen molar-refractivity contribution in [3.05, 3.63) is 71.8 Å². The first-order chi connectivity index (χ1) is 10.6. The Morgan fingerprint density at radius 3 is 1.73 bits per heavy atom. The molecule has 1 unspecified atom stereocenters. The van der Waals surface area contributed by atoms with Gasteiger partial charge in [-0.1, -0.05) is 60.7 Å². The summed E-state index contributed by atoms with van der Waals surface area (Å²) < 4.78 is 13.4. The number of alkyl halides is 1. The first-order valence-electron chi connectivity index (χ1n) is 6.97. The van der Waals surface area contributed by atoms with Gasteiger partial charge in [-0.05, 0) is 11.1 Å². The highest BCUT2D eigenvalue weighted by Crippen LogP contribution is 2.19. The van der Waals surface area contributed by atoms with Gasteiger partial charge in [-0.25, -0.2) is 9.18 Å². The fourth-order valence-electron chi connectivity index (χ4n) is 2.22. The minimum atomic E-state index is -2.05. The number of hydrogen-bond donors (Lipinski definition) is 2. The molecule has 2 rings (SSSR count). The molecule has 0 saturated heterocycles. The molecular formula is C17H19FN2O2. The van der Waals surface area contributed by atoms with E-state index < -0.39 is 18.3 Å². The summed E-state index contributed by atoms with van der Waals surface area (Å²) in [5.74, 6) is -1.37. The van der Waals surface area contributed by atoms with Crippen molar-refractivity contribution >= 4 is 5.97 Å². The van der Waals surface area contributed by atoms with Crippen LogP contribution in [0.5, 0.6) is 0 Å². The molecule has 0 amide bonds. The van der Waals surface area contributed by atoms with Crippen molar-refractivity contribution in [3.8, 4) is 0 Å². The van der Waals surface area contributed by atoms with Gasteiger partial charge in [0, 0.05) is 13.1 Å². The lowest BCUT2D eigenvalue weighted by Crippen LogP contribution is -2.62. The van der Waals surface area contributed by atoms with Crippen LogP contribution in [-0.4, -0.2) is 28.3 Å². The lowest BCUT2D eigenvalue weighted by Gasteiger charge is -2.35. The van der Waals surface area contributed by atoms with Crippen LogP contribution >= 0.6 is 0 Å². The summed E-state index contributed by atoms with van der Waals surface area (Å²) in [5.41, 5.74) is 5.54. The number of nitrogens with zero attached hydrogens (tertiary/aromatic N) is 1. The second-order valence-electron chi connectivity index (χ2n) is 5.19. The monoisotopic (exact) mass is 302 g/mol. The van der Waals surface area contributed by atoms with Crippen LogP contribution in [0.4, 0.5) is 4.39 Å². The average Bonchev–Trinajstić information content (AvgIpc) is 2.55. The molecule has 5 heteroatoms. The SMILES string of the molecule is NC(CF)(C(=O)O)N(Cc1ccccc1)Cc1ccccc1. The number of rotatable bonds is 7. The van der Waals surface area contributed by atoms with E-state index in [2.05, 4.69) is 0 Å². The zero-order chi connectivity index (χ0) is 16.0. The molecule has 0 bridgehead atoms. The fourth-order valence-corrected chi connectivity index (χ4v) is 2.22. The van der Waals surface area contributed by atoms with Gasteiger partial charge in [-0.15, -0.1) is 0 Å². The van der Waals surface area contributed by atoms with Gasteiger partial charge in [0.25, 0.3) is 0 Å². The quantitative estimate of drug-likeness (QED) is 0.771. The molecule has 0 aliphatic heterocycles. The highest BCUT2D eigenvalue weighted by molar-refractivity contribution is 5.78. The number of carboxylic acid groups (broad SMARTS) is 1. The summed E-state index contributed by atoms with van der Waals surface area (Å²) in [7, 11) is 0. The van der Waals surface area contributed by atoms with Crippen molar-refractivity contribution in [1.82, 2.24) is 4.90 Å². The molecule has 1 atom stereocenters. The number of carbonyl (C=O) groups is 1. The van der Waals surface area contributed by atoms with Crippen LogP contribution in [0.15, 0.2) is 60.7 Å². The lowest BCUT2D eigenvalue weighted by atomic mass is 10.1. The van der Waals surface area contributed by atoms with Gasteiger partial charge < -0.3 is 10.8 Å². The minimum Gasteiger partial charge on any atom is -0.479 e. The van der Waals surface area contributed by atoms with E-state index in [1.807, 2.05) is 60.7 Å². The second kappa shape index (κ2) is 7.15. The lowest BCUT2D eigenvalue weighted by molar-refractivity contribution is -0.154. The molecule has 4 nitrogen and oxygen atoms in total. The van der Waals surface area contributed by atoms with Gasteiger partial charge in [0.15, 0.2) is 5.66 Å². The van der Waals surface area contributed by atoms with Crippen molar-refractivity contribution < 1.29 is 14.3 Å². The van der Waals surface area contributed by atoms with Crippen molar-refractivity contribution in [3.63, 3.8) is 0 Å². The number of nitrogens with two attached hydrogens (primary N) is 1. The predicted octanol–water partition coefficient (Wildman–Crippen LogP) is 2.40. The van der Waals surface area contributed by atoms with E-state index in [9.17, 15) is 14.3 Å². The molecule has 3 N–H and O–H groups in total. The Morgan fingerprint density at radius 2 is 1.41 bits per heavy atom.